The first-order valence-electron chi connectivity index (χ1n) is 23.9. The number of nitrogens with zero attached hydrogens (tertiary/aromatic N) is 5. The fraction of sp³-hybridized carbons (Fsp3) is 0.509. The van der Waals surface area contributed by atoms with E-state index in [0.717, 1.165) is 50.1 Å². The summed E-state index contributed by atoms with van der Waals surface area (Å²) in [6.07, 6.45) is 4.34. The van der Waals surface area contributed by atoms with Crippen LogP contribution in [0.15, 0.2) is 60.8 Å². The molecule has 14 nitrogen and oxygen atoms in total. The fourth-order valence-electron chi connectivity index (χ4n) is 10.8. The van der Waals surface area contributed by atoms with Gasteiger partial charge in [-0.25, -0.2) is 5.43 Å². The lowest BCUT2D eigenvalue weighted by Gasteiger charge is -2.37. The average Bonchev–Trinajstić information content (AvgIpc) is 3.99. The Hall–Kier alpha value is -6.04. The zero-order chi connectivity index (χ0) is 47.8. The largest absolute Gasteiger partial charge is 0.464 e. The van der Waals surface area contributed by atoms with Crippen molar-refractivity contribution < 1.29 is 33.4 Å². The van der Waals surface area contributed by atoms with Crippen LogP contribution in [0.3, 0.4) is 0 Å². The van der Waals surface area contributed by atoms with Crippen LogP contribution in [0.2, 0.25) is 0 Å². The van der Waals surface area contributed by atoms with E-state index >= 15 is 0 Å². The second-order valence-corrected chi connectivity index (χ2v) is 19.9. The molecule has 2 N–H and O–H groups in total. The topological polar surface area (TPSA) is 155 Å². The number of esters is 1. The minimum Gasteiger partial charge on any atom is -0.464 e. The van der Waals surface area contributed by atoms with E-state index in [0.29, 0.717) is 58.3 Å². The van der Waals surface area contributed by atoms with Gasteiger partial charge in [0.05, 0.1) is 29.5 Å². The van der Waals surface area contributed by atoms with E-state index in [4.69, 9.17) is 14.5 Å². The maximum absolute atomic E-state index is 14.8. The molecule has 3 fully saturated rings. The summed E-state index contributed by atoms with van der Waals surface area (Å²) < 4.78 is 14.3. The van der Waals surface area contributed by atoms with Gasteiger partial charge in [0.25, 0.3) is 11.8 Å². The molecule has 1 spiro atoms. The molecule has 0 radical (unpaired) electrons. The van der Waals surface area contributed by atoms with Gasteiger partial charge in [-0.05, 0) is 111 Å². The Morgan fingerprint density at radius 1 is 1.01 bits per heavy atom. The van der Waals surface area contributed by atoms with Crippen molar-refractivity contribution >= 4 is 40.5 Å². The first kappa shape index (κ1) is 47.5. The van der Waals surface area contributed by atoms with E-state index in [-0.39, 0.29) is 49.3 Å². The normalized spacial score (nSPS) is 22.9. The number of rotatable bonds is 8. The number of aryl methyl sites for hydroxylation is 1. The van der Waals surface area contributed by atoms with Crippen LogP contribution in [0.1, 0.15) is 97.1 Å². The lowest BCUT2D eigenvalue weighted by molar-refractivity contribution is -0.155. The van der Waals surface area contributed by atoms with Gasteiger partial charge in [0.2, 0.25) is 11.8 Å². The Morgan fingerprint density at radius 2 is 1.79 bits per heavy atom. The third kappa shape index (κ3) is 9.33. The number of pyridine rings is 1. The third-order valence-electron chi connectivity index (χ3n) is 14.3. The van der Waals surface area contributed by atoms with Gasteiger partial charge in [0, 0.05) is 74.3 Å². The highest BCUT2D eigenvalue weighted by molar-refractivity contribution is 5.98. The van der Waals surface area contributed by atoms with Crippen molar-refractivity contribution in [2.45, 2.75) is 118 Å². The molecule has 5 atom stereocenters. The summed E-state index contributed by atoms with van der Waals surface area (Å²) in [5, 5.41) is 5.64. The average molecular weight is 912 g/mol. The van der Waals surface area contributed by atoms with Gasteiger partial charge in [-0.1, -0.05) is 63.9 Å². The smallest absolute Gasteiger partial charge is 0.324 e. The van der Waals surface area contributed by atoms with Crippen molar-refractivity contribution in [3.63, 3.8) is 0 Å². The Balaban J connectivity index is 1.18. The van der Waals surface area contributed by atoms with Crippen LogP contribution in [-0.2, 0) is 52.8 Å². The zero-order valence-electron chi connectivity index (χ0n) is 40.2. The SMILES string of the molecule is CC#CC(=O)N1CC[C@]2(CCN([C@H](C(=O)N[C@H]3Cc4cccc(c4)-c4ccc5c(c4)c(c(-c4cccnc4[C@H](C)OC)n5CC)CC(C)(C)COC(=O)[C@@H]4CCCN(N4)C3=O)C(C)C)C2=O)C1. The summed E-state index contributed by atoms with van der Waals surface area (Å²) in [5.74, 6) is 3.25. The van der Waals surface area contributed by atoms with Crippen molar-refractivity contribution in [3.8, 4) is 34.2 Å². The minimum atomic E-state index is -1.04. The number of fused-ring (bicyclic) bond motifs is 6. The lowest BCUT2D eigenvalue weighted by atomic mass is 9.84. The number of hydrogen-bond donors (Lipinski definition) is 2. The molecule has 6 heterocycles. The van der Waals surface area contributed by atoms with E-state index in [2.05, 4.69) is 84.3 Å². The monoisotopic (exact) mass is 911 g/mol. The summed E-state index contributed by atoms with van der Waals surface area (Å²) in [6.45, 7) is 16.0. The number of carbonyl (C=O) groups is 5. The molecule has 0 unspecified atom stereocenters. The maximum Gasteiger partial charge on any atom is 0.324 e. The minimum absolute atomic E-state index is 0.138. The molecule has 8 rings (SSSR count). The molecule has 2 aromatic carbocycles. The van der Waals surface area contributed by atoms with Crippen molar-refractivity contribution in [1.29, 1.82) is 0 Å². The zero-order valence-corrected chi connectivity index (χ0v) is 40.2. The summed E-state index contributed by atoms with van der Waals surface area (Å²) in [5.41, 5.74) is 9.74. The number of hydrazine groups is 1. The van der Waals surface area contributed by atoms with Crippen LogP contribution in [-0.4, -0.2) is 112 Å². The van der Waals surface area contributed by atoms with Crippen molar-refractivity contribution in [1.82, 2.24) is 35.1 Å². The Morgan fingerprint density at radius 3 is 2.54 bits per heavy atom. The lowest BCUT2D eigenvalue weighted by Crippen LogP contribution is -2.62. The Bertz CT molecular complexity index is 2640. The van der Waals surface area contributed by atoms with Crippen LogP contribution >= 0.6 is 0 Å². The molecule has 14 heteroatoms. The number of cyclic esters (lactones) is 1. The van der Waals surface area contributed by atoms with Crippen LogP contribution in [0.25, 0.3) is 33.3 Å². The van der Waals surface area contributed by atoms with E-state index in [1.54, 1.807) is 30.0 Å². The predicted molar refractivity (Wildman–Crippen MR) is 256 cm³/mol. The van der Waals surface area contributed by atoms with E-state index in [1.807, 2.05) is 39.0 Å². The number of methoxy groups -OCH3 is 1. The van der Waals surface area contributed by atoms with Crippen molar-refractivity contribution in [2.24, 2.45) is 16.7 Å². The highest BCUT2D eigenvalue weighted by Gasteiger charge is 2.54. The van der Waals surface area contributed by atoms with E-state index < -0.39 is 40.8 Å². The molecule has 354 valence electrons. The molecular weight excluding hydrogens is 847 g/mol. The summed E-state index contributed by atoms with van der Waals surface area (Å²) in [6, 6.07) is 16.0. The van der Waals surface area contributed by atoms with Gasteiger partial charge in [-0.3, -0.25) is 34.0 Å². The van der Waals surface area contributed by atoms with Crippen molar-refractivity contribution in [2.75, 3.05) is 39.9 Å². The number of likely N-dealkylation sites (tertiary alicyclic amines) is 2. The van der Waals surface area contributed by atoms with Gasteiger partial charge < -0.3 is 29.2 Å². The van der Waals surface area contributed by atoms with Gasteiger partial charge in [0.1, 0.15) is 18.1 Å². The van der Waals surface area contributed by atoms with Crippen LogP contribution in [0.4, 0.5) is 0 Å². The summed E-state index contributed by atoms with van der Waals surface area (Å²) in [7, 11) is 1.69. The van der Waals surface area contributed by atoms with Gasteiger partial charge in [-0.15, -0.1) is 0 Å². The quantitative estimate of drug-likeness (QED) is 0.154. The number of benzene rings is 2. The maximum atomic E-state index is 14.8. The molecule has 67 heavy (non-hydrogen) atoms. The third-order valence-corrected chi connectivity index (χ3v) is 14.3. The molecule has 4 aromatic rings. The van der Waals surface area contributed by atoms with Gasteiger partial charge in [0.15, 0.2) is 0 Å². The highest BCUT2D eigenvalue weighted by Crippen LogP contribution is 2.44. The standard InChI is InChI=1S/C53H65N7O7/c1-9-14-44(61)57-25-21-53(31-57)22-26-59(51(53)65)46(33(3)4)48(62)55-42-28-35-15-11-16-36(27-35)37-19-20-43-39(29-37)40(47(58(43)10-2)38-17-12-23-54-45(38)34(5)66-8)30-52(6,7)32-67-50(64)41-18-13-24-60(56-41)49(42)63/h11-12,15-17,19-20,23,27,29,33-34,41-42,46,56H,10,13,18,21-22,24-26,28,30-32H2,1-8H3,(H,55,62)/t34-,41-,42-,46-,53-/m0/s1. The van der Waals surface area contributed by atoms with Crippen LogP contribution in [0, 0.1) is 28.6 Å². The van der Waals surface area contributed by atoms with Gasteiger partial charge >= 0.3 is 5.97 Å². The second-order valence-electron chi connectivity index (χ2n) is 19.9. The number of aromatic nitrogens is 2. The highest BCUT2D eigenvalue weighted by atomic mass is 16.5. The van der Waals surface area contributed by atoms with Crippen LogP contribution in [0.5, 0.6) is 0 Å². The molecule has 4 aliphatic heterocycles. The van der Waals surface area contributed by atoms with Gasteiger partial charge in [-0.2, -0.15) is 0 Å². The first-order chi connectivity index (χ1) is 32.1. The number of amides is 4. The summed E-state index contributed by atoms with van der Waals surface area (Å²) >= 11 is 0. The molecule has 4 aliphatic rings. The second kappa shape index (κ2) is 19.3. The van der Waals surface area contributed by atoms with Crippen LogP contribution < -0.4 is 10.7 Å². The van der Waals surface area contributed by atoms with E-state index in [9.17, 15) is 24.0 Å². The van der Waals surface area contributed by atoms with E-state index in [1.165, 1.54) is 5.01 Å². The fourth-order valence-corrected chi connectivity index (χ4v) is 10.8. The Kier molecular flexibility index (Phi) is 13.7. The summed E-state index contributed by atoms with van der Waals surface area (Å²) in [4.78, 5) is 78.6. The molecule has 2 aromatic heterocycles. The molecule has 4 amide bonds. The number of nitrogens with one attached hydrogen (secondary N) is 2. The molecule has 0 aliphatic carbocycles. The van der Waals surface area contributed by atoms with Crippen molar-refractivity contribution in [3.05, 3.63) is 77.6 Å². The Labute approximate surface area is 394 Å². The number of hydrogen-bond acceptors (Lipinski definition) is 9. The number of ether oxygens (including phenoxy) is 2. The molecule has 0 saturated carbocycles. The molecule has 6 bridgehead atoms. The molecule has 3 saturated heterocycles. The first-order valence-corrected chi connectivity index (χ1v) is 23.9. The predicted octanol–water partition coefficient (Wildman–Crippen LogP) is 6.24. The number of carbonyl (C=O) groups excluding carboxylic acids is 5. The molecular formula is C53H65N7O7.